The maximum atomic E-state index is 13.0. The number of anilines is 1. The number of alkyl halides is 2. The summed E-state index contributed by atoms with van der Waals surface area (Å²) < 4.78 is 28.7. The number of nitrogens with zero attached hydrogens (tertiary/aromatic N) is 6. The van der Waals surface area contributed by atoms with E-state index in [-0.39, 0.29) is 23.8 Å². The summed E-state index contributed by atoms with van der Waals surface area (Å²) in [6, 6.07) is -0.622. The molecule has 0 bridgehead atoms. The highest BCUT2D eigenvalue weighted by atomic mass is 19.3. The molecule has 0 saturated carbocycles. The van der Waals surface area contributed by atoms with Crippen LogP contribution in [0.15, 0.2) is 22.0 Å². The Morgan fingerprint density at radius 3 is 2.40 bits per heavy atom. The van der Waals surface area contributed by atoms with Gasteiger partial charge in [0.25, 0.3) is 5.56 Å². The third kappa shape index (κ3) is 3.92. The highest BCUT2D eigenvalue weighted by Crippen LogP contribution is 2.17. The predicted molar refractivity (Wildman–Crippen MR) is 105 cm³/mol. The van der Waals surface area contributed by atoms with Crippen molar-refractivity contribution in [2.45, 2.75) is 26.1 Å². The molecular weight excluding hydrogens is 400 g/mol. The van der Waals surface area contributed by atoms with Gasteiger partial charge in [0.15, 0.2) is 5.78 Å². The normalized spacial score (nSPS) is 16.9. The van der Waals surface area contributed by atoms with Gasteiger partial charge >= 0.3 is 12.2 Å². The van der Waals surface area contributed by atoms with Crippen molar-refractivity contribution in [3.63, 3.8) is 0 Å². The summed E-state index contributed by atoms with van der Waals surface area (Å²) in [7, 11) is 2.70. The fraction of sp³-hybridized carbons (Fsp3) is 0.556. The summed E-state index contributed by atoms with van der Waals surface area (Å²) in [5.74, 6) is -0.327. The standard InChI is InChI=1S/C18H25F2N7O3/c1-11(14(28)13-15(21)23(2)18(30)24(3)16(13)29)26-8-6-25(7-9-26)10-12-22-4-5-27(12)17(19)20/h4-5,11,17H,6-10,21H2,1-3H3/t11-/m0/s1. The smallest absolute Gasteiger partial charge is 0.332 e. The van der Waals surface area contributed by atoms with Gasteiger partial charge in [0.2, 0.25) is 0 Å². The lowest BCUT2D eigenvalue weighted by molar-refractivity contribution is 0.0552. The quantitative estimate of drug-likeness (QED) is 0.630. The molecule has 10 nitrogen and oxygen atoms in total. The van der Waals surface area contributed by atoms with E-state index in [0.717, 1.165) is 13.7 Å². The average Bonchev–Trinajstić information content (AvgIpc) is 3.19. The summed E-state index contributed by atoms with van der Waals surface area (Å²) in [5, 5.41) is 0. The minimum Gasteiger partial charge on any atom is -0.384 e. The Morgan fingerprint density at radius 2 is 1.80 bits per heavy atom. The van der Waals surface area contributed by atoms with Crippen LogP contribution < -0.4 is 17.0 Å². The topological polar surface area (TPSA) is 111 Å². The Balaban J connectivity index is 1.69. The van der Waals surface area contributed by atoms with Crippen molar-refractivity contribution in [3.8, 4) is 0 Å². The van der Waals surface area contributed by atoms with Gasteiger partial charge in [0.1, 0.15) is 17.2 Å². The van der Waals surface area contributed by atoms with Crippen molar-refractivity contribution in [1.29, 1.82) is 0 Å². The molecule has 0 amide bonds. The molecule has 3 heterocycles. The molecule has 1 atom stereocenters. The van der Waals surface area contributed by atoms with Gasteiger partial charge in [0.05, 0.1) is 12.6 Å². The summed E-state index contributed by atoms with van der Waals surface area (Å²) in [6.07, 6.45) is 2.59. The van der Waals surface area contributed by atoms with E-state index in [1.165, 1.54) is 26.5 Å². The molecule has 0 aliphatic carbocycles. The van der Waals surface area contributed by atoms with Crippen LogP contribution in [-0.2, 0) is 20.6 Å². The van der Waals surface area contributed by atoms with Crippen molar-refractivity contribution >= 4 is 11.6 Å². The molecule has 1 aliphatic rings. The van der Waals surface area contributed by atoms with Gasteiger partial charge in [-0.3, -0.25) is 33.1 Å². The lowest BCUT2D eigenvalue weighted by Crippen LogP contribution is -2.52. The van der Waals surface area contributed by atoms with E-state index in [0.29, 0.717) is 26.2 Å². The molecular formula is C18H25F2N7O3. The maximum absolute atomic E-state index is 13.0. The van der Waals surface area contributed by atoms with E-state index in [2.05, 4.69) is 4.98 Å². The largest absolute Gasteiger partial charge is 0.384 e. The predicted octanol–water partition coefficient (Wildman–Crippen LogP) is -0.353. The lowest BCUT2D eigenvalue weighted by Gasteiger charge is -2.37. The summed E-state index contributed by atoms with van der Waals surface area (Å²) in [4.78, 5) is 45.3. The first kappa shape index (κ1) is 21.8. The minimum atomic E-state index is -2.64. The Hall–Kier alpha value is -2.86. The van der Waals surface area contributed by atoms with Crippen LogP contribution in [0.3, 0.4) is 0 Å². The van der Waals surface area contributed by atoms with Crippen LogP contribution in [0.2, 0.25) is 0 Å². The zero-order chi connectivity index (χ0) is 22.2. The Bertz CT molecular complexity index is 1050. The first-order valence-corrected chi connectivity index (χ1v) is 9.49. The van der Waals surface area contributed by atoms with Crippen LogP contribution in [0.1, 0.15) is 29.7 Å². The molecule has 0 radical (unpaired) electrons. The van der Waals surface area contributed by atoms with Crippen molar-refractivity contribution < 1.29 is 13.6 Å². The molecule has 12 heteroatoms. The number of nitrogens with two attached hydrogens (primary N) is 1. The fourth-order valence-corrected chi connectivity index (χ4v) is 3.62. The molecule has 1 saturated heterocycles. The lowest BCUT2D eigenvalue weighted by atomic mass is 10.0. The molecule has 164 valence electrons. The van der Waals surface area contributed by atoms with E-state index < -0.39 is 29.6 Å². The first-order valence-electron chi connectivity index (χ1n) is 9.49. The number of rotatable bonds is 6. The second kappa shape index (κ2) is 8.48. The highest BCUT2D eigenvalue weighted by molar-refractivity contribution is 6.03. The number of carbonyl (C=O) groups excluding carboxylic acids is 1. The second-order valence-corrected chi connectivity index (χ2v) is 7.35. The molecule has 2 aromatic rings. The monoisotopic (exact) mass is 425 g/mol. The minimum absolute atomic E-state index is 0.155. The van der Waals surface area contributed by atoms with Crippen molar-refractivity contribution in [2.75, 3.05) is 31.9 Å². The molecule has 0 unspecified atom stereocenters. The molecule has 1 aliphatic heterocycles. The number of piperazine rings is 1. The first-order chi connectivity index (χ1) is 14.1. The van der Waals surface area contributed by atoms with Crippen LogP contribution in [0.5, 0.6) is 0 Å². The molecule has 0 spiro atoms. The average molecular weight is 425 g/mol. The number of halogens is 2. The van der Waals surface area contributed by atoms with Gasteiger partial charge in [0, 0.05) is 52.7 Å². The Labute approximate surface area is 171 Å². The number of hydrogen-bond acceptors (Lipinski definition) is 7. The number of carbonyl (C=O) groups is 1. The number of aromatic nitrogens is 4. The van der Waals surface area contributed by atoms with Gasteiger partial charge in [-0.2, -0.15) is 8.78 Å². The molecule has 0 aromatic carbocycles. The molecule has 2 N–H and O–H groups in total. The summed E-state index contributed by atoms with van der Waals surface area (Å²) in [5.41, 5.74) is 4.37. The third-order valence-corrected chi connectivity index (χ3v) is 5.61. The second-order valence-electron chi connectivity index (χ2n) is 7.35. The third-order valence-electron chi connectivity index (χ3n) is 5.61. The van der Waals surface area contributed by atoms with Crippen LogP contribution in [0.25, 0.3) is 0 Å². The van der Waals surface area contributed by atoms with Crippen LogP contribution in [-0.4, -0.2) is 66.5 Å². The van der Waals surface area contributed by atoms with Crippen molar-refractivity contribution in [3.05, 3.63) is 44.6 Å². The van der Waals surface area contributed by atoms with Crippen molar-refractivity contribution in [2.24, 2.45) is 14.1 Å². The molecule has 1 fully saturated rings. The Kier molecular flexibility index (Phi) is 6.17. The van der Waals surface area contributed by atoms with E-state index in [1.54, 1.807) is 6.92 Å². The number of imidazole rings is 1. The summed E-state index contributed by atoms with van der Waals surface area (Å²) >= 11 is 0. The molecule has 30 heavy (non-hydrogen) atoms. The fourth-order valence-electron chi connectivity index (χ4n) is 3.62. The van der Waals surface area contributed by atoms with Gasteiger partial charge in [-0.05, 0) is 6.92 Å². The van der Waals surface area contributed by atoms with Crippen LogP contribution >= 0.6 is 0 Å². The van der Waals surface area contributed by atoms with Gasteiger partial charge in [-0.15, -0.1) is 0 Å². The van der Waals surface area contributed by atoms with Crippen LogP contribution in [0, 0.1) is 0 Å². The van der Waals surface area contributed by atoms with Gasteiger partial charge in [-0.25, -0.2) is 9.78 Å². The number of nitrogen functional groups attached to an aromatic ring is 1. The van der Waals surface area contributed by atoms with Crippen molar-refractivity contribution in [1.82, 2.24) is 28.5 Å². The van der Waals surface area contributed by atoms with Gasteiger partial charge in [-0.1, -0.05) is 0 Å². The highest BCUT2D eigenvalue weighted by Gasteiger charge is 2.30. The number of ketones is 1. The molecule has 3 rings (SSSR count). The molecule has 2 aromatic heterocycles. The van der Waals surface area contributed by atoms with E-state index in [1.807, 2.05) is 9.80 Å². The van der Waals surface area contributed by atoms with Crippen LogP contribution in [0.4, 0.5) is 14.6 Å². The van der Waals surface area contributed by atoms with E-state index >= 15 is 0 Å². The van der Waals surface area contributed by atoms with E-state index in [9.17, 15) is 23.2 Å². The van der Waals surface area contributed by atoms with E-state index in [4.69, 9.17) is 5.73 Å². The van der Waals surface area contributed by atoms with Gasteiger partial charge < -0.3 is 5.73 Å². The zero-order valence-electron chi connectivity index (χ0n) is 17.1. The SMILES string of the molecule is C[C@@H](C(=O)c1c(N)n(C)c(=O)n(C)c1=O)N1CCN(Cc2nccn2C(F)F)CC1. The number of hydrogen-bond donors (Lipinski definition) is 1. The number of Topliss-reactive ketones (excluding diaryl/α,β-unsaturated/α-hetero) is 1. The Morgan fingerprint density at radius 1 is 1.17 bits per heavy atom. The summed E-state index contributed by atoms with van der Waals surface area (Å²) in [6.45, 7) is 1.44. The zero-order valence-corrected chi connectivity index (χ0v) is 17.1. The maximum Gasteiger partial charge on any atom is 0.332 e.